The number of benzene rings is 2. The van der Waals surface area contributed by atoms with Gasteiger partial charge in [-0.25, -0.2) is 18.6 Å². The second-order valence-electron chi connectivity index (χ2n) is 16.5. The van der Waals surface area contributed by atoms with Crippen LogP contribution in [0.3, 0.4) is 0 Å². The molecule has 2 aromatic carbocycles. The molecule has 18 heteroatoms. The summed E-state index contributed by atoms with van der Waals surface area (Å²) in [6.07, 6.45) is 5.06. The Kier molecular flexibility index (Phi) is 10.1. The second kappa shape index (κ2) is 15.3. The first-order valence-corrected chi connectivity index (χ1v) is 20.4. The molecule has 4 saturated heterocycles. The predicted molar refractivity (Wildman–Crippen MR) is 224 cm³/mol. The minimum Gasteiger partial charge on any atom is -0.496 e. The maximum absolute atomic E-state index is 13.8. The topological polar surface area (TPSA) is 156 Å². The molecule has 0 bridgehead atoms. The first-order chi connectivity index (χ1) is 29.2. The third-order valence-corrected chi connectivity index (χ3v) is 12.7. The van der Waals surface area contributed by atoms with E-state index in [4.69, 9.17) is 9.47 Å². The fourth-order valence-electron chi connectivity index (χ4n) is 9.52. The first-order valence-electron chi connectivity index (χ1n) is 20.4. The number of hydrogen-bond acceptors (Lipinski definition) is 11. The number of piperazine rings is 1. The number of ether oxygens (including phenoxy) is 2. The van der Waals surface area contributed by atoms with E-state index in [9.17, 15) is 32.8 Å². The number of alkyl halides is 2. The van der Waals surface area contributed by atoms with E-state index in [0.717, 1.165) is 29.6 Å². The van der Waals surface area contributed by atoms with Crippen molar-refractivity contribution in [3.63, 3.8) is 0 Å². The molecule has 1 unspecified atom stereocenters. The smallest absolute Gasteiger partial charge is 0.329 e. The van der Waals surface area contributed by atoms with E-state index in [0.29, 0.717) is 77.5 Å². The van der Waals surface area contributed by atoms with Gasteiger partial charge in [0.05, 0.1) is 61.5 Å². The van der Waals surface area contributed by atoms with Crippen LogP contribution >= 0.6 is 0 Å². The number of para-hydroxylation sites is 1. The molecule has 9 rings (SSSR count). The SMILES string of the molecule is COc1cc(-c2cn(C)c(=O)c3cnc(N4CC(F)(F)C4)cc23)cc(OC)c1CN1CCN(C2CCN(c3cccc4c3n(C)c(=O)n4C3CCC(=O)NC3=O)CC2)C(=O)C1. The fourth-order valence-corrected chi connectivity index (χ4v) is 9.52. The third kappa shape index (κ3) is 7.05. The van der Waals surface area contributed by atoms with Crippen molar-refractivity contribution in [1.29, 1.82) is 0 Å². The molecule has 16 nitrogen and oxygen atoms in total. The highest BCUT2D eigenvalue weighted by Gasteiger charge is 2.44. The number of methoxy groups -OCH3 is 2. The summed E-state index contributed by atoms with van der Waals surface area (Å²) >= 11 is 0. The first kappa shape index (κ1) is 40.1. The average Bonchev–Trinajstić information content (AvgIpc) is 3.49. The lowest BCUT2D eigenvalue weighted by Gasteiger charge is -2.43. The zero-order chi connectivity index (χ0) is 42.9. The highest BCUT2D eigenvalue weighted by atomic mass is 19.3. The van der Waals surface area contributed by atoms with Crippen molar-refractivity contribution in [2.24, 2.45) is 14.1 Å². The molecule has 7 heterocycles. The maximum Gasteiger partial charge on any atom is 0.329 e. The van der Waals surface area contributed by atoms with Gasteiger partial charge in [-0.05, 0) is 55.2 Å². The van der Waals surface area contributed by atoms with Crippen molar-refractivity contribution in [3.05, 3.63) is 75.2 Å². The second-order valence-corrected chi connectivity index (χ2v) is 16.5. The third-order valence-electron chi connectivity index (χ3n) is 12.7. The number of pyridine rings is 2. The number of halogens is 2. The van der Waals surface area contributed by atoms with Crippen molar-refractivity contribution in [2.45, 2.75) is 50.2 Å². The van der Waals surface area contributed by atoms with Gasteiger partial charge in [0.2, 0.25) is 17.7 Å². The lowest BCUT2D eigenvalue weighted by molar-refractivity contribution is -0.139. The Bertz CT molecular complexity index is 2710. The molecule has 3 amide bonds. The lowest BCUT2D eigenvalue weighted by atomic mass is 9.98. The Hall–Kier alpha value is -6.30. The van der Waals surface area contributed by atoms with Crippen LogP contribution in [-0.2, 0) is 35.0 Å². The molecular weight excluding hydrogens is 793 g/mol. The predicted octanol–water partition coefficient (Wildman–Crippen LogP) is 3.02. The summed E-state index contributed by atoms with van der Waals surface area (Å²) in [5, 5.41) is 3.29. The maximum atomic E-state index is 13.8. The molecule has 5 aromatic rings. The number of carbonyl (C=O) groups is 3. The number of nitrogens with one attached hydrogen (secondary N) is 1. The van der Waals surface area contributed by atoms with Gasteiger partial charge in [-0.3, -0.25) is 38.5 Å². The van der Waals surface area contributed by atoms with Crippen molar-refractivity contribution in [1.82, 2.24) is 33.8 Å². The Morgan fingerprint density at radius 2 is 1.61 bits per heavy atom. The van der Waals surface area contributed by atoms with Crippen LogP contribution in [0.1, 0.15) is 37.3 Å². The zero-order valence-corrected chi connectivity index (χ0v) is 34.5. The normalized spacial score (nSPS) is 20.1. The van der Waals surface area contributed by atoms with E-state index in [1.54, 1.807) is 45.1 Å². The molecule has 0 aliphatic carbocycles. The molecule has 61 heavy (non-hydrogen) atoms. The summed E-state index contributed by atoms with van der Waals surface area (Å²) in [5.74, 6) is -2.12. The van der Waals surface area contributed by atoms with Crippen LogP contribution in [0.15, 0.2) is 58.4 Å². The summed E-state index contributed by atoms with van der Waals surface area (Å²) in [6.45, 7) is 2.25. The van der Waals surface area contributed by atoms with Crippen molar-refractivity contribution < 1.29 is 32.6 Å². The van der Waals surface area contributed by atoms with Crippen LogP contribution in [0.25, 0.3) is 32.9 Å². The number of nitrogens with zero attached hydrogens (tertiary/aromatic N) is 8. The number of hydrogen-bond donors (Lipinski definition) is 1. The molecule has 4 fully saturated rings. The van der Waals surface area contributed by atoms with E-state index >= 15 is 0 Å². The summed E-state index contributed by atoms with van der Waals surface area (Å²) in [6, 6.07) is 10.4. The van der Waals surface area contributed by atoms with Gasteiger partial charge in [-0.1, -0.05) is 6.07 Å². The van der Waals surface area contributed by atoms with E-state index in [1.165, 1.54) is 20.2 Å². The number of fused-ring (bicyclic) bond motifs is 2. The van der Waals surface area contributed by atoms with Crippen LogP contribution in [0.5, 0.6) is 11.5 Å². The molecule has 0 radical (unpaired) electrons. The molecule has 0 saturated carbocycles. The Balaban J connectivity index is 0.893. The van der Waals surface area contributed by atoms with Crippen LogP contribution < -0.4 is 35.8 Å². The largest absolute Gasteiger partial charge is 0.496 e. The standard InChI is InChI=1S/C43H47F2N9O7/c1-48-20-29(27-18-36(46-19-28(27)41(48)58)52-23-43(44,45)24-52)25-16-34(60-3)30(35(17-25)61-4)21-50-14-15-53(38(56)22-50)26-10-12-51(13-11-26)31-6-5-7-32-39(31)49(2)42(59)54(32)33-8-9-37(55)47-40(33)57/h5-7,16-20,26,33H,8-15,21-24H2,1-4H3,(H,47,55,57). The van der Waals surface area contributed by atoms with E-state index in [1.807, 2.05) is 35.2 Å². The Morgan fingerprint density at radius 3 is 2.26 bits per heavy atom. The number of anilines is 2. The number of carbonyl (C=O) groups excluding carboxylic acids is 3. The molecule has 320 valence electrons. The molecule has 4 aliphatic rings. The van der Waals surface area contributed by atoms with Crippen molar-refractivity contribution >= 4 is 51.0 Å². The number of piperidine rings is 2. The summed E-state index contributed by atoms with van der Waals surface area (Å²) in [5.41, 5.74) is 3.81. The van der Waals surface area contributed by atoms with Gasteiger partial charge in [-0.2, -0.15) is 0 Å². The minimum atomic E-state index is -2.78. The highest BCUT2D eigenvalue weighted by molar-refractivity contribution is 6.01. The van der Waals surface area contributed by atoms with Gasteiger partial charge in [-0.15, -0.1) is 0 Å². The average molecular weight is 840 g/mol. The molecule has 1 N–H and O–H groups in total. The summed E-state index contributed by atoms with van der Waals surface area (Å²) < 4.78 is 43.8. The van der Waals surface area contributed by atoms with E-state index in [2.05, 4.69) is 20.1 Å². The molecule has 1 atom stereocenters. The van der Waals surface area contributed by atoms with Crippen LogP contribution in [0, 0.1) is 0 Å². The fraction of sp³-hybridized carbons (Fsp3) is 0.442. The number of rotatable bonds is 9. The van der Waals surface area contributed by atoms with Gasteiger partial charge in [0, 0.05) is 82.6 Å². The lowest BCUT2D eigenvalue weighted by Crippen LogP contribution is -2.56. The number of aryl methyl sites for hydroxylation is 2. The Morgan fingerprint density at radius 1 is 0.885 bits per heavy atom. The van der Waals surface area contributed by atoms with Gasteiger partial charge in [0.25, 0.3) is 11.5 Å². The molecule has 4 aliphatic heterocycles. The van der Waals surface area contributed by atoms with Gasteiger partial charge < -0.3 is 28.7 Å². The van der Waals surface area contributed by atoms with E-state index in [-0.39, 0.29) is 48.5 Å². The highest BCUT2D eigenvalue weighted by Crippen LogP contribution is 2.40. The summed E-state index contributed by atoms with van der Waals surface area (Å²) in [4.78, 5) is 77.1. The molecular formula is C43H47F2N9O7. The van der Waals surface area contributed by atoms with Crippen molar-refractivity contribution in [3.8, 4) is 22.6 Å². The summed E-state index contributed by atoms with van der Waals surface area (Å²) in [7, 11) is 6.48. The number of imide groups is 1. The monoisotopic (exact) mass is 839 g/mol. The number of amides is 3. The van der Waals surface area contributed by atoms with Gasteiger partial charge in [0.1, 0.15) is 23.4 Å². The van der Waals surface area contributed by atoms with Crippen molar-refractivity contribution in [2.75, 3.05) is 69.8 Å². The molecule has 3 aromatic heterocycles. The number of aromatic nitrogens is 4. The van der Waals surface area contributed by atoms with Crippen LogP contribution in [0.4, 0.5) is 20.3 Å². The zero-order valence-electron chi connectivity index (χ0n) is 34.5. The number of imidazole rings is 1. The van der Waals surface area contributed by atoms with Gasteiger partial charge >= 0.3 is 5.69 Å². The van der Waals surface area contributed by atoms with Crippen LogP contribution in [0.2, 0.25) is 0 Å². The molecule has 0 spiro atoms. The van der Waals surface area contributed by atoms with Crippen LogP contribution in [-0.4, -0.2) is 118 Å². The quantitative estimate of drug-likeness (QED) is 0.218. The van der Waals surface area contributed by atoms with E-state index < -0.39 is 31.0 Å². The van der Waals surface area contributed by atoms with Gasteiger partial charge in [0.15, 0.2) is 0 Å². The Labute approximate surface area is 348 Å². The minimum absolute atomic E-state index is 0.0334.